The number of halogens is 2. The highest BCUT2D eigenvalue weighted by Gasteiger charge is 2.25. The van der Waals surface area contributed by atoms with Crippen LogP contribution in [0.3, 0.4) is 0 Å². The second kappa shape index (κ2) is 5.19. The van der Waals surface area contributed by atoms with Crippen LogP contribution in [-0.4, -0.2) is 11.7 Å². The zero-order valence-electron chi connectivity index (χ0n) is 10.8. The van der Waals surface area contributed by atoms with Crippen molar-refractivity contribution < 1.29 is 9.84 Å². The molecule has 3 nitrogen and oxygen atoms in total. The predicted molar refractivity (Wildman–Crippen MR) is 83.9 cm³/mol. The lowest BCUT2D eigenvalue weighted by Gasteiger charge is -2.16. The SMILES string of the molecule is Cc1cc(Br)c(NC2COc3cc(O)ccc32)cc1Cl. The lowest BCUT2D eigenvalue weighted by molar-refractivity contribution is 0.338. The maximum absolute atomic E-state index is 9.46. The molecule has 0 fully saturated rings. The Hall–Kier alpha value is -1.39. The van der Waals surface area contributed by atoms with Crippen molar-refractivity contribution in [1.29, 1.82) is 0 Å². The molecular formula is C15H13BrClNO2. The monoisotopic (exact) mass is 353 g/mol. The number of anilines is 1. The van der Waals surface area contributed by atoms with Crippen molar-refractivity contribution in [1.82, 2.24) is 0 Å². The predicted octanol–water partition coefficient (Wildman–Crippen LogP) is 4.66. The first-order valence-corrected chi connectivity index (χ1v) is 7.39. The fraction of sp³-hybridized carbons (Fsp3) is 0.200. The van der Waals surface area contributed by atoms with E-state index < -0.39 is 0 Å². The average molecular weight is 355 g/mol. The summed E-state index contributed by atoms with van der Waals surface area (Å²) in [5.41, 5.74) is 2.98. The molecule has 1 heterocycles. The van der Waals surface area contributed by atoms with E-state index in [1.807, 2.05) is 25.1 Å². The number of phenolic OH excluding ortho intramolecular Hbond substituents is 1. The van der Waals surface area contributed by atoms with Crippen LogP contribution in [0, 0.1) is 6.92 Å². The quantitative estimate of drug-likeness (QED) is 0.824. The van der Waals surface area contributed by atoms with Crippen molar-refractivity contribution in [2.24, 2.45) is 0 Å². The smallest absolute Gasteiger partial charge is 0.128 e. The van der Waals surface area contributed by atoms with Gasteiger partial charge in [-0.25, -0.2) is 0 Å². The van der Waals surface area contributed by atoms with E-state index in [9.17, 15) is 5.11 Å². The van der Waals surface area contributed by atoms with Crippen LogP contribution in [0.25, 0.3) is 0 Å². The number of ether oxygens (including phenoxy) is 1. The van der Waals surface area contributed by atoms with Crippen LogP contribution in [0.2, 0.25) is 5.02 Å². The van der Waals surface area contributed by atoms with E-state index in [-0.39, 0.29) is 11.8 Å². The molecular weight excluding hydrogens is 342 g/mol. The van der Waals surface area contributed by atoms with E-state index >= 15 is 0 Å². The average Bonchev–Trinajstić information content (AvgIpc) is 2.78. The van der Waals surface area contributed by atoms with E-state index in [2.05, 4.69) is 21.2 Å². The summed E-state index contributed by atoms with van der Waals surface area (Å²) in [5, 5.41) is 13.6. The van der Waals surface area contributed by atoms with Crippen molar-refractivity contribution >= 4 is 33.2 Å². The van der Waals surface area contributed by atoms with Crippen LogP contribution in [0.4, 0.5) is 5.69 Å². The molecule has 2 N–H and O–H groups in total. The Morgan fingerprint density at radius 2 is 2.15 bits per heavy atom. The van der Waals surface area contributed by atoms with Crippen molar-refractivity contribution in [3.8, 4) is 11.5 Å². The van der Waals surface area contributed by atoms with Crippen LogP contribution in [-0.2, 0) is 0 Å². The number of rotatable bonds is 2. The molecule has 20 heavy (non-hydrogen) atoms. The van der Waals surface area contributed by atoms with Crippen molar-refractivity contribution in [2.45, 2.75) is 13.0 Å². The molecule has 1 atom stereocenters. The van der Waals surface area contributed by atoms with Gasteiger partial charge in [0.25, 0.3) is 0 Å². The van der Waals surface area contributed by atoms with E-state index in [0.29, 0.717) is 6.61 Å². The van der Waals surface area contributed by atoms with Crippen LogP contribution in [0.1, 0.15) is 17.2 Å². The molecule has 0 aromatic heterocycles. The molecule has 0 saturated carbocycles. The molecule has 0 aliphatic carbocycles. The third-order valence-corrected chi connectivity index (χ3v) is 4.42. The largest absolute Gasteiger partial charge is 0.508 e. The fourth-order valence-corrected chi connectivity index (χ4v) is 3.00. The maximum atomic E-state index is 9.46. The molecule has 2 aromatic carbocycles. The van der Waals surface area contributed by atoms with Gasteiger partial charge in [0.2, 0.25) is 0 Å². The zero-order valence-corrected chi connectivity index (χ0v) is 13.1. The number of hydrogen-bond donors (Lipinski definition) is 2. The van der Waals surface area contributed by atoms with Gasteiger partial charge in [-0.3, -0.25) is 0 Å². The Morgan fingerprint density at radius 1 is 1.35 bits per heavy atom. The fourth-order valence-electron chi connectivity index (χ4n) is 2.26. The topological polar surface area (TPSA) is 41.5 Å². The van der Waals surface area contributed by atoms with Crippen LogP contribution < -0.4 is 10.1 Å². The molecule has 2 aromatic rings. The van der Waals surface area contributed by atoms with E-state index in [1.165, 1.54) is 0 Å². The van der Waals surface area contributed by atoms with E-state index in [4.69, 9.17) is 16.3 Å². The second-order valence-electron chi connectivity index (χ2n) is 4.81. The number of hydrogen-bond acceptors (Lipinski definition) is 3. The minimum absolute atomic E-state index is 0.0423. The molecule has 1 aliphatic heterocycles. The third-order valence-electron chi connectivity index (χ3n) is 3.36. The van der Waals surface area contributed by atoms with Gasteiger partial charge in [-0.2, -0.15) is 0 Å². The summed E-state index contributed by atoms with van der Waals surface area (Å²) in [6, 6.07) is 9.10. The first-order valence-electron chi connectivity index (χ1n) is 6.22. The number of aromatic hydroxyl groups is 1. The minimum Gasteiger partial charge on any atom is -0.508 e. The standard InChI is InChI=1S/C15H13BrClNO2/c1-8-4-11(16)13(6-12(8)17)18-14-7-20-15-5-9(19)2-3-10(14)15/h2-6,14,18-19H,7H2,1H3. The molecule has 104 valence electrons. The van der Waals surface area contributed by atoms with Crippen molar-refractivity contribution in [2.75, 3.05) is 11.9 Å². The highest BCUT2D eigenvalue weighted by atomic mass is 79.9. The number of fused-ring (bicyclic) bond motifs is 1. The number of nitrogens with one attached hydrogen (secondary N) is 1. The van der Waals surface area contributed by atoms with Gasteiger partial charge in [0.15, 0.2) is 0 Å². The van der Waals surface area contributed by atoms with Gasteiger partial charge in [-0.15, -0.1) is 0 Å². The van der Waals surface area contributed by atoms with E-state index in [1.54, 1.807) is 12.1 Å². The summed E-state index contributed by atoms with van der Waals surface area (Å²) in [6.07, 6.45) is 0. The molecule has 3 rings (SSSR count). The maximum Gasteiger partial charge on any atom is 0.128 e. The van der Waals surface area contributed by atoms with Gasteiger partial charge in [-0.05, 0) is 52.7 Å². The van der Waals surface area contributed by atoms with E-state index in [0.717, 1.165) is 32.1 Å². The highest BCUT2D eigenvalue weighted by molar-refractivity contribution is 9.10. The van der Waals surface area contributed by atoms with Crippen LogP contribution in [0.15, 0.2) is 34.8 Å². The van der Waals surface area contributed by atoms with Crippen LogP contribution >= 0.6 is 27.5 Å². The van der Waals surface area contributed by atoms with Crippen LogP contribution in [0.5, 0.6) is 11.5 Å². The molecule has 5 heteroatoms. The Balaban J connectivity index is 1.89. The summed E-state index contributed by atoms with van der Waals surface area (Å²) in [4.78, 5) is 0. The number of phenols is 1. The second-order valence-corrected chi connectivity index (χ2v) is 6.07. The molecule has 0 bridgehead atoms. The molecule has 1 unspecified atom stereocenters. The van der Waals surface area contributed by atoms with Gasteiger partial charge in [0, 0.05) is 21.1 Å². The van der Waals surface area contributed by atoms with Gasteiger partial charge >= 0.3 is 0 Å². The summed E-state index contributed by atoms with van der Waals surface area (Å²) in [7, 11) is 0. The molecule has 0 radical (unpaired) electrons. The summed E-state index contributed by atoms with van der Waals surface area (Å²) in [6.45, 7) is 2.49. The Labute approximate surface area is 130 Å². The minimum atomic E-state index is 0.0423. The van der Waals surface area contributed by atoms with Crippen molar-refractivity contribution in [3.63, 3.8) is 0 Å². The Morgan fingerprint density at radius 3 is 2.95 bits per heavy atom. The first kappa shape index (κ1) is 13.6. The Kier molecular flexibility index (Phi) is 3.52. The lowest BCUT2D eigenvalue weighted by Crippen LogP contribution is -2.12. The third kappa shape index (κ3) is 2.45. The van der Waals surface area contributed by atoms with Crippen molar-refractivity contribution in [3.05, 3.63) is 51.0 Å². The molecule has 0 saturated heterocycles. The molecule has 1 aliphatic rings. The summed E-state index contributed by atoms with van der Waals surface area (Å²) >= 11 is 9.71. The van der Waals surface area contributed by atoms with Gasteiger partial charge in [0.1, 0.15) is 18.1 Å². The van der Waals surface area contributed by atoms with Gasteiger partial charge in [0.05, 0.1) is 11.7 Å². The number of benzene rings is 2. The molecule has 0 amide bonds. The lowest BCUT2D eigenvalue weighted by atomic mass is 10.1. The summed E-state index contributed by atoms with van der Waals surface area (Å²) < 4.78 is 6.55. The highest BCUT2D eigenvalue weighted by Crippen LogP contribution is 2.38. The molecule has 0 spiro atoms. The van der Waals surface area contributed by atoms with Gasteiger partial charge in [-0.1, -0.05) is 11.6 Å². The summed E-state index contributed by atoms with van der Waals surface area (Å²) in [5.74, 6) is 0.931. The Bertz CT molecular complexity index is 675. The zero-order chi connectivity index (χ0) is 14.3. The first-order chi connectivity index (χ1) is 9.54. The van der Waals surface area contributed by atoms with Gasteiger partial charge < -0.3 is 15.2 Å². The normalized spacial score (nSPS) is 16.6. The number of aryl methyl sites for hydroxylation is 1.